The number of benzene rings is 2. The van der Waals surface area contributed by atoms with E-state index < -0.39 is 65.2 Å². The molecule has 23 heteroatoms. The Balaban J connectivity index is 1.01. The number of H-pyrrole nitrogens is 1. The number of halogens is 1. The second kappa shape index (κ2) is 20.3. The van der Waals surface area contributed by atoms with Gasteiger partial charge < -0.3 is 42.7 Å². The molecule has 22 nitrogen and oxygen atoms in total. The Morgan fingerprint density at radius 1 is 0.967 bits per heavy atom. The lowest BCUT2D eigenvalue weighted by molar-refractivity contribution is -0.798. The summed E-state index contributed by atoms with van der Waals surface area (Å²) in [6, 6.07) is 15.5. The summed E-state index contributed by atoms with van der Waals surface area (Å²) in [7, 11) is 0. The molecule has 0 amide bonds. The molecule has 0 bridgehead atoms. The summed E-state index contributed by atoms with van der Waals surface area (Å²) in [5.74, 6) is 0.197. The van der Waals surface area contributed by atoms with Crippen LogP contribution >= 0.6 is 11.6 Å². The van der Waals surface area contributed by atoms with E-state index in [2.05, 4.69) is 35.3 Å². The summed E-state index contributed by atoms with van der Waals surface area (Å²) in [6.45, 7) is 5.08. The maximum atomic E-state index is 13.6. The van der Waals surface area contributed by atoms with E-state index in [9.17, 15) is 29.8 Å². The molecule has 5 unspecified atom stereocenters. The van der Waals surface area contributed by atoms with Gasteiger partial charge in [-0.1, -0.05) is 73.5 Å². The number of rotatable bonds is 21. The number of carbonyl (C=O) groups excluding carboxylic acids is 2. The number of hydrogen-bond donors (Lipinski definition) is 1. The Kier molecular flexibility index (Phi) is 14.8. The molecule has 60 heavy (non-hydrogen) atoms. The zero-order chi connectivity index (χ0) is 42.8. The van der Waals surface area contributed by atoms with Crippen LogP contribution in [0.4, 0.5) is 4.79 Å². The molecular weight excluding hydrogens is 816 g/mol. The standard InChI is InChI=1S/C37H43ClN8O14/c1-4-5-12-30-39-34(38)31(44(30)18-23-13-15-24(16-14-23)25-9-6-7-10-26(25)35-40-42-43-41-35)36(47)56-22(3)57-37(48)58-29-20-55-32-28(19-54-33(29)32)53-17-8-11-27(60-46(51)52)21(2)59-45(49)50/h6-7,9-10,13-16,21-22,27-29,32-33H,4-5,8,11-12,17-20H2,1-3H3,(H,40,41,42,43)/t21?,22?,27?,28-,29+,32?,33?/m1/s1. The van der Waals surface area contributed by atoms with Crippen LogP contribution in [0.25, 0.3) is 22.5 Å². The molecular formula is C37H43ClN8O14. The molecule has 2 aliphatic heterocycles. The van der Waals surface area contributed by atoms with Crippen LogP contribution in [0.5, 0.6) is 0 Å². The second-order valence-electron chi connectivity index (χ2n) is 13.9. The third-order valence-corrected chi connectivity index (χ3v) is 10.0. The topological polar surface area (TPSA) is 267 Å². The van der Waals surface area contributed by atoms with Gasteiger partial charge in [0.15, 0.2) is 17.0 Å². The van der Waals surface area contributed by atoms with Crippen LogP contribution in [0.15, 0.2) is 48.5 Å². The SMILES string of the molecule is CCCCc1nc(Cl)c(C(=O)OC(C)OC(=O)O[C@H]2COC3C2OC[C@H]3OCCCC(O[N+](=O)[O-])C(C)O[N+](=O)[O-])n1Cc1ccc(-c2ccccc2-c2nn[nH]n2)cc1. The van der Waals surface area contributed by atoms with Gasteiger partial charge in [-0.25, -0.2) is 14.6 Å². The van der Waals surface area contributed by atoms with Gasteiger partial charge in [0, 0.05) is 32.1 Å². The van der Waals surface area contributed by atoms with E-state index >= 15 is 0 Å². The van der Waals surface area contributed by atoms with Crippen molar-refractivity contribution in [3.8, 4) is 22.5 Å². The van der Waals surface area contributed by atoms with Crippen LogP contribution in [0.1, 0.15) is 68.3 Å². The number of imidazole rings is 1. The van der Waals surface area contributed by atoms with E-state index in [0.29, 0.717) is 18.1 Å². The van der Waals surface area contributed by atoms with E-state index in [1.165, 1.54) is 13.8 Å². The van der Waals surface area contributed by atoms with Crippen molar-refractivity contribution >= 4 is 23.7 Å². The third kappa shape index (κ3) is 11.0. The van der Waals surface area contributed by atoms with Gasteiger partial charge in [-0.15, -0.1) is 30.4 Å². The molecule has 2 fully saturated rings. The number of aromatic nitrogens is 6. The van der Waals surface area contributed by atoms with Crippen molar-refractivity contribution < 1.29 is 57.9 Å². The van der Waals surface area contributed by atoms with Crippen molar-refractivity contribution in [1.82, 2.24) is 30.2 Å². The molecule has 1 N–H and O–H groups in total. The number of carbonyl (C=O) groups is 2. The number of esters is 1. The predicted octanol–water partition coefficient (Wildman–Crippen LogP) is 4.94. The first-order valence-electron chi connectivity index (χ1n) is 19.1. The van der Waals surface area contributed by atoms with Gasteiger partial charge in [0.05, 0.1) is 13.2 Å². The molecule has 7 atom stereocenters. The van der Waals surface area contributed by atoms with Crippen LogP contribution < -0.4 is 0 Å². The number of tetrazole rings is 1. The number of aryl methyl sites for hydroxylation is 1. The smallest absolute Gasteiger partial charge is 0.426 e. The molecule has 2 aromatic heterocycles. The first-order valence-corrected chi connectivity index (χ1v) is 19.5. The highest BCUT2D eigenvalue weighted by molar-refractivity contribution is 6.32. The van der Waals surface area contributed by atoms with Crippen molar-refractivity contribution in [1.29, 1.82) is 0 Å². The van der Waals surface area contributed by atoms with Gasteiger partial charge in [0.1, 0.15) is 36.3 Å². The van der Waals surface area contributed by atoms with Gasteiger partial charge in [0.25, 0.3) is 10.2 Å². The lowest BCUT2D eigenvalue weighted by Gasteiger charge is -2.21. The largest absolute Gasteiger partial charge is 0.511 e. The Hall–Kier alpha value is -5.97. The maximum Gasteiger partial charge on any atom is 0.511 e. The highest BCUT2D eigenvalue weighted by Gasteiger charge is 2.50. The zero-order valence-corrected chi connectivity index (χ0v) is 33.5. The van der Waals surface area contributed by atoms with E-state index in [1.807, 2.05) is 55.5 Å². The number of ether oxygens (including phenoxy) is 6. The number of aromatic amines is 1. The Morgan fingerprint density at radius 2 is 1.67 bits per heavy atom. The lowest BCUT2D eigenvalue weighted by Crippen LogP contribution is -2.36. The molecule has 0 aliphatic carbocycles. The average molecular weight is 859 g/mol. The number of fused-ring (bicyclic) bond motifs is 1. The molecule has 4 heterocycles. The number of hydrogen-bond acceptors (Lipinski definition) is 18. The van der Waals surface area contributed by atoms with Crippen LogP contribution in [0.3, 0.4) is 0 Å². The highest BCUT2D eigenvalue weighted by atomic mass is 35.5. The monoisotopic (exact) mass is 858 g/mol. The quantitative estimate of drug-likeness (QED) is 0.0382. The minimum absolute atomic E-state index is 0.00390. The highest BCUT2D eigenvalue weighted by Crippen LogP contribution is 2.32. The number of unbranched alkanes of at least 4 members (excludes halogenated alkanes) is 1. The van der Waals surface area contributed by atoms with Crippen LogP contribution in [-0.2, 0) is 51.1 Å². The molecule has 0 radical (unpaired) electrons. The average Bonchev–Trinajstić information content (AvgIpc) is 4.02. The van der Waals surface area contributed by atoms with Gasteiger partial charge in [-0.3, -0.25) is 0 Å². The van der Waals surface area contributed by atoms with Crippen molar-refractivity contribution in [3.63, 3.8) is 0 Å². The molecule has 6 rings (SSSR count). The Morgan fingerprint density at radius 3 is 2.35 bits per heavy atom. The minimum atomic E-state index is -1.39. The fraction of sp³-hybridized carbons (Fsp3) is 0.514. The van der Waals surface area contributed by atoms with Crippen molar-refractivity contribution in [2.75, 3.05) is 19.8 Å². The van der Waals surface area contributed by atoms with Gasteiger partial charge >= 0.3 is 12.1 Å². The van der Waals surface area contributed by atoms with Gasteiger partial charge in [0.2, 0.25) is 12.1 Å². The molecule has 0 spiro atoms. The van der Waals surface area contributed by atoms with Gasteiger partial charge in [-0.05, 0) is 48.1 Å². The Labute approximate surface area is 346 Å². The number of nitrogens with one attached hydrogen (secondary N) is 1. The number of nitrogens with zero attached hydrogens (tertiary/aromatic N) is 7. The third-order valence-electron chi connectivity index (χ3n) is 9.78. The molecule has 4 aromatic rings. The summed E-state index contributed by atoms with van der Waals surface area (Å²) in [5.41, 5.74) is 3.49. The summed E-state index contributed by atoms with van der Waals surface area (Å²) in [4.78, 5) is 61.3. The van der Waals surface area contributed by atoms with Crippen LogP contribution in [0.2, 0.25) is 5.15 Å². The minimum Gasteiger partial charge on any atom is -0.426 e. The molecule has 322 valence electrons. The fourth-order valence-corrected chi connectivity index (χ4v) is 7.21. The molecule has 0 saturated carbocycles. The summed E-state index contributed by atoms with van der Waals surface area (Å²) in [5, 5.41) is 33.7. The molecule has 2 saturated heterocycles. The van der Waals surface area contributed by atoms with Crippen LogP contribution in [-0.4, -0.2) is 115 Å². The predicted molar refractivity (Wildman–Crippen MR) is 204 cm³/mol. The van der Waals surface area contributed by atoms with Crippen LogP contribution in [0, 0.1) is 20.2 Å². The fourth-order valence-electron chi connectivity index (χ4n) is 6.93. The summed E-state index contributed by atoms with van der Waals surface area (Å²) < 4.78 is 35.4. The van der Waals surface area contributed by atoms with Gasteiger partial charge in [-0.2, -0.15) is 5.21 Å². The van der Waals surface area contributed by atoms with Crippen molar-refractivity contribution in [2.45, 2.75) is 102 Å². The first kappa shape index (κ1) is 43.6. The molecule has 2 aliphatic rings. The lowest BCUT2D eigenvalue weighted by atomic mass is 9.98. The Bertz CT molecular complexity index is 2090. The summed E-state index contributed by atoms with van der Waals surface area (Å²) in [6.07, 6.45) is -5.12. The van der Waals surface area contributed by atoms with Crippen molar-refractivity contribution in [3.05, 3.63) is 91.0 Å². The van der Waals surface area contributed by atoms with E-state index in [1.54, 1.807) is 4.57 Å². The molecule has 2 aromatic carbocycles. The van der Waals surface area contributed by atoms with E-state index in [4.69, 9.17) is 40.0 Å². The normalized spacial score (nSPS) is 19.8. The second-order valence-corrected chi connectivity index (χ2v) is 14.2. The maximum absolute atomic E-state index is 13.6. The van der Waals surface area contributed by atoms with E-state index in [0.717, 1.165) is 35.1 Å². The van der Waals surface area contributed by atoms with E-state index in [-0.39, 0.29) is 50.1 Å². The van der Waals surface area contributed by atoms with Crippen molar-refractivity contribution in [2.24, 2.45) is 0 Å². The first-order chi connectivity index (χ1) is 28.9. The zero-order valence-electron chi connectivity index (χ0n) is 32.7. The summed E-state index contributed by atoms with van der Waals surface area (Å²) >= 11 is 6.55.